The zero-order valence-corrected chi connectivity index (χ0v) is 17.5. The third-order valence-corrected chi connectivity index (χ3v) is 5.50. The Hall–Kier alpha value is -3.81. The van der Waals surface area contributed by atoms with Crippen molar-refractivity contribution < 1.29 is 9.72 Å². The lowest BCUT2D eigenvalue weighted by Crippen LogP contribution is -2.49. The lowest BCUT2D eigenvalue weighted by molar-refractivity contribution is -0.384. The monoisotopic (exact) mass is 417 g/mol. The summed E-state index contributed by atoms with van der Waals surface area (Å²) < 4.78 is 0. The number of non-ortho nitro benzene ring substituents is 1. The van der Waals surface area contributed by atoms with Gasteiger partial charge >= 0.3 is 0 Å². The molecule has 0 radical (unpaired) electrons. The Labute approximate surface area is 180 Å². The van der Waals surface area contributed by atoms with Crippen LogP contribution in [0.5, 0.6) is 0 Å². The van der Waals surface area contributed by atoms with E-state index in [0.717, 1.165) is 22.6 Å². The van der Waals surface area contributed by atoms with Crippen LogP contribution in [0.25, 0.3) is 11.3 Å². The zero-order valence-electron chi connectivity index (χ0n) is 17.5. The van der Waals surface area contributed by atoms with Gasteiger partial charge in [0, 0.05) is 49.4 Å². The van der Waals surface area contributed by atoms with Gasteiger partial charge in [0.05, 0.1) is 10.6 Å². The van der Waals surface area contributed by atoms with Gasteiger partial charge in [-0.25, -0.2) is 0 Å². The van der Waals surface area contributed by atoms with Crippen LogP contribution in [0.15, 0.2) is 54.6 Å². The SMILES string of the molecule is Cc1ccc(-c2ccc(N3CCN(C(=O)c4cccc([N+](=O)[O-])c4)CC3)nn2)c(C)c1. The summed E-state index contributed by atoms with van der Waals surface area (Å²) in [6.45, 7) is 6.41. The third-order valence-electron chi connectivity index (χ3n) is 5.50. The molecule has 3 aromatic rings. The molecule has 2 heterocycles. The lowest BCUT2D eigenvalue weighted by atomic mass is 10.0. The first-order chi connectivity index (χ1) is 14.9. The van der Waals surface area contributed by atoms with E-state index >= 15 is 0 Å². The van der Waals surface area contributed by atoms with Crippen molar-refractivity contribution in [2.24, 2.45) is 0 Å². The standard InChI is InChI=1S/C23H23N5O3/c1-16-6-7-20(17(2)14-16)21-8-9-22(25-24-21)26-10-12-27(13-11-26)23(29)18-4-3-5-19(15-18)28(30)31/h3-9,14-15H,10-13H2,1-2H3. The van der Waals surface area contributed by atoms with Crippen molar-refractivity contribution >= 4 is 17.4 Å². The molecule has 0 spiro atoms. The van der Waals surface area contributed by atoms with Gasteiger partial charge in [-0.3, -0.25) is 14.9 Å². The molecule has 1 amide bonds. The molecular weight excluding hydrogens is 394 g/mol. The predicted octanol–water partition coefficient (Wildman–Crippen LogP) is 3.63. The molecular formula is C23H23N5O3. The molecule has 8 nitrogen and oxygen atoms in total. The maximum absolute atomic E-state index is 12.7. The third kappa shape index (κ3) is 4.37. The Kier molecular flexibility index (Phi) is 5.62. The average molecular weight is 417 g/mol. The van der Waals surface area contributed by atoms with Gasteiger partial charge in [0.2, 0.25) is 0 Å². The lowest BCUT2D eigenvalue weighted by Gasteiger charge is -2.35. The summed E-state index contributed by atoms with van der Waals surface area (Å²) >= 11 is 0. The number of hydrogen-bond acceptors (Lipinski definition) is 6. The quantitative estimate of drug-likeness (QED) is 0.475. The second-order valence-corrected chi connectivity index (χ2v) is 7.68. The summed E-state index contributed by atoms with van der Waals surface area (Å²) in [6, 6.07) is 16.0. The zero-order chi connectivity index (χ0) is 22.0. The molecule has 31 heavy (non-hydrogen) atoms. The van der Waals surface area contributed by atoms with Crippen LogP contribution in [0.4, 0.5) is 11.5 Å². The smallest absolute Gasteiger partial charge is 0.270 e. The van der Waals surface area contributed by atoms with E-state index in [4.69, 9.17) is 0 Å². The molecule has 158 valence electrons. The minimum absolute atomic E-state index is 0.0799. The number of piperazine rings is 1. The van der Waals surface area contributed by atoms with E-state index < -0.39 is 4.92 Å². The van der Waals surface area contributed by atoms with Gasteiger partial charge in [-0.1, -0.05) is 29.8 Å². The van der Waals surface area contributed by atoms with Crippen LogP contribution in [0.3, 0.4) is 0 Å². The van der Waals surface area contributed by atoms with Crippen LogP contribution in [0.1, 0.15) is 21.5 Å². The number of carbonyl (C=O) groups excluding carboxylic acids is 1. The van der Waals surface area contributed by atoms with Gasteiger partial charge in [0.1, 0.15) is 0 Å². The number of nitrogens with zero attached hydrogens (tertiary/aromatic N) is 5. The molecule has 0 atom stereocenters. The molecule has 1 aliphatic rings. The highest BCUT2D eigenvalue weighted by molar-refractivity contribution is 5.95. The van der Waals surface area contributed by atoms with E-state index in [0.29, 0.717) is 31.7 Å². The van der Waals surface area contributed by atoms with Crippen molar-refractivity contribution in [1.29, 1.82) is 0 Å². The van der Waals surface area contributed by atoms with Gasteiger partial charge in [0.25, 0.3) is 11.6 Å². The first kappa shape index (κ1) is 20.5. The first-order valence-corrected chi connectivity index (χ1v) is 10.1. The fourth-order valence-electron chi connectivity index (χ4n) is 3.81. The minimum Gasteiger partial charge on any atom is -0.352 e. The Morgan fingerprint density at radius 2 is 1.74 bits per heavy atom. The Morgan fingerprint density at radius 1 is 0.968 bits per heavy atom. The van der Waals surface area contributed by atoms with Crippen LogP contribution in [0, 0.1) is 24.0 Å². The second kappa shape index (κ2) is 8.51. The van der Waals surface area contributed by atoms with E-state index in [1.807, 2.05) is 12.1 Å². The molecule has 0 N–H and O–H groups in total. The molecule has 2 aromatic carbocycles. The van der Waals surface area contributed by atoms with Crippen molar-refractivity contribution in [2.45, 2.75) is 13.8 Å². The number of carbonyl (C=O) groups is 1. The number of nitro groups is 1. The maximum Gasteiger partial charge on any atom is 0.270 e. The number of anilines is 1. The summed E-state index contributed by atoms with van der Waals surface area (Å²) in [5, 5.41) is 19.8. The molecule has 1 aliphatic heterocycles. The molecule has 0 aliphatic carbocycles. The largest absolute Gasteiger partial charge is 0.352 e. The topological polar surface area (TPSA) is 92.5 Å². The highest BCUT2D eigenvalue weighted by Gasteiger charge is 2.24. The van der Waals surface area contributed by atoms with Gasteiger partial charge in [-0.2, -0.15) is 0 Å². The van der Waals surface area contributed by atoms with E-state index in [1.54, 1.807) is 11.0 Å². The summed E-state index contributed by atoms with van der Waals surface area (Å²) in [4.78, 5) is 27.0. The molecule has 0 bridgehead atoms. The van der Waals surface area contributed by atoms with Crippen molar-refractivity contribution in [3.8, 4) is 11.3 Å². The van der Waals surface area contributed by atoms with Crippen LogP contribution in [0.2, 0.25) is 0 Å². The number of amides is 1. The molecule has 1 saturated heterocycles. The number of rotatable bonds is 4. The summed E-state index contributed by atoms with van der Waals surface area (Å²) in [7, 11) is 0. The molecule has 1 fully saturated rings. The fraction of sp³-hybridized carbons (Fsp3) is 0.261. The number of aryl methyl sites for hydroxylation is 2. The van der Waals surface area contributed by atoms with Crippen molar-refractivity contribution in [1.82, 2.24) is 15.1 Å². The summed E-state index contributed by atoms with van der Waals surface area (Å²) in [5.41, 5.74) is 4.53. The highest BCUT2D eigenvalue weighted by atomic mass is 16.6. The highest BCUT2D eigenvalue weighted by Crippen LogP contribution is 2.24. The molecule has 1 aromatic heterocycles. The normalized spacial score (nSPS) is 13.9. The van der Waals surface area contributed by atoms with Crippen LogP contribution in [-0.4, -0.2) is 52.1 Å². The van der Waals surface area contributed by atoms with E-state index in [-0.39, 0.29) is 11.6 Å². The fourth-order valence-corrected chi connectivity index (χ4v) is 3.81. The van der Waals surface area contributed by atoms with Gasteiger partial charge < -0.3 is 9.80 Å². The van der Waals surface area contributed by atoms with Crippen molar-refractivity contribution in [3.63, 3.8) is 0 Å². The van der Waals surface area contributed by atoms with Crippen LogP contribution >= 0.6 is 0 Å². The number of aromatic nitrogens is 2. The minimum atomic E-state index is -0.491. The Bertz CT molecular complexity index is 1120. The van der Waals surface area contributed by atoms with Crippen molar-refractivity contribution in [3.05, 3.63) is 81.4 Å². The number of nitro benzene ring substituents is 1. The number of hydrogen-bond donors (Lipinski definition) is 0. The average Bonchev–Trinajstić information content (AvgIpc) is 2.79. The predicted molar refractivity (Wildman–Crippen MR) is 118 cm³/mol. The van der Waals surface area contributed by atoms with Gasteiger partial charge in [-0.15, -0.1) is 10.2 Å². The molecule has 0 unspecified atom stereocenters. The van der Waals surface area contributed by atoms with Gasteiger partial charge in [-0.05, 0) is 37.6 Å². The van der Waals surface area contributed by atoms with Crippen molar-refractivity contribution in [2.75, 3.05) is 31.1 Å². The van der Waals surface area contributed by atoms with E-state index in [1.165, 1.54) is 23.8 Å². The second-order valence-electron chi connectivity index (χ2n) is 7.68. The van der Waals surface area contributed by atoms with Gasteiger partial charge in [0.15, 0.2) is 5.82 Å². The molecule has 4 rings (SSSR count). The van der Waals surface area contributed by atoms with Crippen LogP contribution in [-0.2, 0) is 0 Å². The van der Waals surface area contributed by atoms with Crippen LogP contribution < -0.4 is 4.90 Å². The molecule has 0 saturated carbocycles. The summed E-state index contributed by atoms with van der Waals surface area (Å²) in [5.74, 6) is 0.579. The molecule has 8 heteroatoms. The first-order valence-electron chi connectivity index (χ1n) is 10.1. The van der Waals surface area contributed by atoms with E-state index in [2.05, 4.69) is 47.1 Å². The summed E-state index contributed by atoms with van der Waals surface area (Å²) in [6.07, 6.45) is 0. The Balaban J connectivity index is 1.41. The maximum atomic E-state index is 12.7. The Morgan fingerprint density at radius 3 is 2.39 bits per heavy atom. The van der Waals surface area contributed by atoms with E-state index in [9.17, 15) is 14.9 Å². The number of benzene rings is 2.